The number of nitrogens with zero attached hydrogens (tertiary/aromatic N) is 1. The first-order chi connectivity index (χ1) is 16.4. The molecule has 3 aromatic rings. The number of carbonyl (C=O) groups is 1. The fourth-order valence-corrected chi connectivity index (χ4v) is 5.25. The predicted octanol–water partition coefficient (Wildman–Crippen LogP) is 4.75. The van der Waals surface area contributed by atoms with E-state index in [2.05, 4.69) is 5.32 Å². The lowest BCUT2D eigenvalue weighted by Gasteiger charge is -2.24. The Kier molecular flexibility index (Phi) is 9.42. The van der Waals surface area contributed by atoms with E-state index in [4.69, 9.17) is 4.74 Å². The summed E-state index contributed by atoms with van der Waals surface area (Å²) in [5, 5.41) is 2.85. The summed E-state index contributed by atoms with van der Waals surface area (Å²) >= 11 is 1.53. The van der Waals surface area contributed by atoms with Crippen LogP contribution < -0.4 is 14.4 Å². The van der Waals surface area contributed by atoms with Crippen LogP contribution in [-0.2, 0) is 21.2 Å². The molecule has 6 nitrogen and oxygen atoms in total. The maximum Gasteiger partial charge on any atom is 0.264 e. The number of benzene rings is 3. The average molecular weight is 499 g/mol. The van der Waals surface area contributed by atoms with Gasteiger partial charge in [-0.3, -0.25) is 9.10 Å². The number of ether oxygens (including phenoxy) is 1. The molecule has 0 fully saturated rings. The quantitative estimate of drug-likeness (QED) is 0.288. The van der Waals surface area contributed by atoms with E-state index in [1.165, 1.54) is 17.3 Å². The number of carbonyl (C=O) groups excluding carboxylic acids is 1. The van der Waals surface area contributed by atoms with Crippen LogP contribution in [0.5, 0.6) is 5.75 Å². The maximum atomic E-state index is 13.5. The van der Waals surface area contributed by atoms with Crippen molar-refractivity contribution in [2.24, 2.45) is 0 Å². The molecule has 34 heavy (non-hydrogen) atoms. The minimum atomic E-state index is -3.95. The minimum Gasteiger partial charge on any atom is -0.494 e. The fourth-order valence-electron chi connectivity index (χ4n) is 3.42. The highest BCUT2D eigenvalue weighted by Crippen LogP contribution is 2.27. The van der Waals surface area contributed by atoms with Gasteiger partial charge in [-0.25, -0.2) is 8.42 Å². The smallest absolute Gasteiger partial charge is 0.264 e. The molecule has 3 rings (SSSR count). The molecule has 3 aromatic carbocycles. The van der Waals surface area contributed by atoms with Gasteiger partial charge in [0.05, 0.1) is 17.2 Å². The van der Waals surface area contributed by atoms with E-state index in [9.17, 15) is 13.2 Å². The summed E-state index contributed by atoms with van der Waals surface area (Å²) in [7, 11) is -3.95. The molecule has 0 aliphatic carbocycles. The Morgan fingerprint density at radius 3 is 2.26 bits per heavy atom. The Hall–Kier alpha value is -2.97. The summed E-state index contributed by atoms with van der Waals surface area (Å²) < 4.78 is 33.6. The molecule has 1 amide bonds. The zero-order valence-corrected chi connectivity index (χ0v) is 21.1. The van der Waals surface area contributed by atoms with Crippen molar-refractivity contribution >= 4 is 33.4 Å². The lowest BCUT2D eigenvalue weighted by molar-refractivity contribution is -0.119. The largest absolute Gasteiger partial charge is 0.494 e. The highest BCUT2D eigenvalue weighted by Gasteiger charge is 2.27. The molecule has 0 saturated heterocycles. The second kappa shape index (κ2) is 12.5. The number of hydrogen-bond donors (Lipinski definition) is 1. The van der Waals surface area contributed by atoms with Crippen molar-refractivity contribution in [3.63, 3.8) is 0 Å². The molecule has 0 atom stereocenters. The van der Waals surface area contributed by atoms with Gasteiger partial charge in [0.15, 0.2) is 0 Å². The molecular weight excluding hydrogens is 468 g/mol. The van der Waals surface area contributed by atoms with Crippen LogP contribution in [0.4, 0.5) is 5.69 Å². The minimum absolute atomic E-state index is 0.135. The van der Waals surface area contributed by atoms with Crippen molar-refractivity contribution in [1.29, 1.82) is 0 Å². The van der Waals surface area contributed by atoms with E-state index in [1.807, 2.05) is 43.5 Å². The monoisotopic (exact) mass is 498 g/mol. The Balaban J connectivity index is 1.74. The van der Waals surface area contributed by atoms with E-state index in [0.29, 0.717) is 24.6 Å². The third-order valence-corrected chi connectivity index (χ3v) is 7.71. The van der Waals surface area contributed by atoms with E-state index >= 15 is 0 Å². The zero-order valence-electron chi connectivity index (χ0n) is 19.4. The molecular formula is C26H30N2O4S2. The van der Waals surface area contributed by atoms with E-state index in [1.54, 1.807) is 48.5 Å². The third-order valence-electron chi connectivity index (χ3n) is 5.18. The molecule has 0 aliphatic rings. The summed E-state index contributed by atoms with van der Waals surface area (Å²) in [6, 6.07) is 23.4. The molecule has 8 heteroatoms. The van der Waals surface area contributed by atoms with E-state index in [0.717, 1.165) is 22.0 Å². The van der Waals surface area contributed by atoms with Gasteiger partial charge < -0.3 is 10.1 Å². The Labute approximate surface area is 206 Å². The van der Waals surface area contributed by atoms with Crippen LogP contribution in [0.15, 0.2) is 88.7 Å². The summed E-state index contributed by atoms with van der Waals surface area (Å²) in [5.41, 5.74) is 1.60. The lowest BCUT2D eigenvalue weighted by Crippen LogP contribution is -2.41. The van der Waals surface area contributed by atoms with Crippen molar-refractivity contribution in [3.8, 4) is 5.75 Å². The first-order valence-corrected chi connectivity index (χ1v) is 13.8. The van der Waals surface area contributed by atoms with Crippen LogP contribution in [0, 0.1) is 0 Å². The zero-order chi connectivity index (χ0) is 24.4. The van der Waals surface area contributed by atoms with Gasteiger partial charge in [0.2, 0.25) is 5.91 Å². The molecule has 180 valence electrons. The van der Waals surface area contributed by atoms with Crippen molar-refractivity contribution in [2.75, 3.05) is 30.3 Å². The molecule has 0 saturated carbocycles. The lowest BCUT2D eigenvalue weighted by atomic mass is 10.1. The molecule has 0 heterocycles. The molecule has 0 aliphatic heterocycles. The predicted molar refractivity (Wildman–Crippen MR) is 138 cm³/mol. The van der Waals surface area contributed by atoms with Crippen LogP contribution in [-0.4, -0.2) is 40.3 Å². The van der Waals surface area contributed by atoms with Crippen molar-refractivity contribution < 1.29 is 17.9 Å². The molecule has 0 aromatic heterocycles. The summed E-state index contributed by atoms with van der Waals surface area (Å²) in [6.07, 6.45) is 3.53. The summed E-state index contributed by atoms with van der Waals surface area (Å²) in [4.78, 5) is 13.8. The average Bonchev–Trinajstić information content (AvgIpc) is 2.86. The van der Waals surface area contributed by atoms with Crippen LogP contribution in [0.2, 0.25) is 0 Å². The molecule has 0 unspecified atom stereocenters. The van der Waals surface area contributed by atoms with Gasteiger partial charge in [0.1, 0.15) is 12.3 Å². The number of thioether (sulfide) groups is 1. The number of nitrogens with one attached hydrogen (secondary N) is 1. The highest BCUT2D eigenvalue weighted by molar-refractivity contribution is 7.98. The first kappa shape index (κ1) is 25.6. The van der Waals surface area contributed by atoms with Gasteiger partial charge in [-0.1, -0.05) is 30.3 Å². The summed E-state index contributed by atoms with van der Waals surface area (Å²) in [6.45, 7) is 2.54. The first-order valence-electron chi connectivity index (χ1n) is 11.1. The van der Waals surface area contributed by atoms with E-state index in [-0.39, 0.29) is 17.3 Å². The normalized spacial score (nSPS) is 11.1. The van der Waals surface area contributed by atoms with Crippen LogP contribution in [0.1, 0.15) is 18.9 Å². The van der Waals surface area contributed by atoms with Gasteiger partial charge in [0, 0.05) is 11.4 Å². The van der Waals surface area contributed by atoms with Gasteiger partial charge in [-0.15, -0.1) is 11.8 Å². The van der Waals surface area contributed by atoms with Crippen LogP contribution in [0.3, 0.4) is 0 Å². The van der Waals surface area contributed by atoms with Crippen LogP contribution >= 0.6 is 11.8 Å². The number of hydrogen-bond acceptors (Lipinski definition) is 5. The summed E-state index contributed by atoms with van der Waals surface area (Å²) in [5.74, 6) is 0.282. The van der Waals surface area contributed by atoms with Gasteiger partial charge in [-0.2, -0.15) is 0 Å². The molecule has 0 radical (unpaired) electrons. The third kappa shape index (κ3) is 7.01. The van der Waals surface area contributed by atoms with Gasteiger partial charge in [0.25, 0.3) is 10.0 Å². The highest BCUT2D eigenvalue weighted by atomic mass is 32.2. The van der Waals surface area contributed by atoms with Gasteiger partial charge in [-0.05, 0) is 80.1 Å². The Bertz CT molecular complexity index is 1150. The maximum absolute atomic E-state index is 13.5. The molecule has 1 N–H and O–H groups in total. The fraction of sp³-hybridized carbons (Fsp3) is 0.269. The second-order valence-corrected chi connectivity index (χ2v) is 10.3. The number of rotatable bonds is 12. The number of anilines is 1. The number of amides is 1. The Morgan fingerprint density at radius 1 is 0.971 bits per heavy atom. The standard InChI is InChI=1S/C26H30N2O4S2/c1-3-32-23-13-11-22(12-14-23)28(34(30,31)25-17-15-24(33-2)16-18-25)20-26(29)27-19-7-10-21-8-5-4-6-9-21/h4-6,8-9,11-18H,3,7,10,19-20H2,1-2H3,(H,27,29). The van der Waals surface area contributed by atoms with Crippen molar-refractivity contribution in [3.05, 3.63) is 84.4 Å². The number of sulfonamides is 1. The SMILES string of the molecule is CCOc1ccc(N(CC(=O)NCCCc2ccccc2)S(=O)(=O)c2ccc(SC)cc2)cc1. The van der Waals surface area contributed by atoms with Crippen LogP contribution in [0.25, 0.3) is 0 Å². The number of aryl methyl sites for hydroxylation is 1. The van der Waals surface area contributed by atoms with Crippen molar-refractivity contribution in [1.82, 2.24) is 5.32 Å². The Morgan fingerprint density at radius 2 is 1.65 bits per heavy atom. The topological polar surface area (TPSA) is 75.7 Å². The molecule has 0 spiro atoms. The van der Waals surface area contributed by atoms with Crippen molar-refractivity contribution in [2.45, 2.75) is 29.6 Å². The van der Waals surface area contributed by atoms with E-state index < -0.39 is 10.0 Å². The second-order valence-electron chi connectivity index (χ2n) is 7.55. The molecule has 0 bridgehead atoms. The van der Waals surface area contributed by atoms with Gasteiger partial charge >= 0.3 is 0 Å².